The highest BCUT2D eigenvalue weighted by Crippen LogP contribution is 2.22. The molecule has 2 nitrogen and oxygen atoms in total. The first-order valence-corrected chi connectivity index (χ1v) is 7.31. The molecule has 0 aliphatic heterocycles. The largest absolute Gasteiger partial charge is 0.388 e. The first-order chi connectivity index (χ1) is 9.74. The van der Waals surface area contributed by atoms with Crippen molar-refractivity contribution < 1.29 is 5.11 Å². The molecule has 0 radical (unpaired) electrons. The van der Waals surface area contributed by atoms with E-state index in [-0.39, 0.29) is 6.10 Å². The Kier molecular flexibility index (Phi) is 5.19. The number of hydrogen-bond donors (Lipinski definition) is 1. The summed E-state index contributed by atoms with van der Waals surface area (Å²) in [4.78, 5) is 2.33. The van der Waals surface area contributed by atoms with Crippen LogP contribution >= 0.6 is 0 Å². The lowest BCUT2D eigenvalue weighted by Crippen LogP contribution is -2.21. The molecule has 0 amide bonds. The average molecular weight is 269 g/mol. The number of aliphatic hydroxyl groups is 1. The van der Waals surface area contributed by atoms with Crippen LogP contribution in [0.2, 0.25) is 0 Å². The molecule has 0 saturated heterocycles. The first kappa shape index (κ1) is 14.6. The standard InChI is InChI=1S/C18H23NO/c1-3-18(20)16-10-12-17(13-11-16)19(4-2)14-15-8-6-5-7-9-15/h5-13,18,20H,3-4,14H2,1-2H3. The fourth-order valence-electron chi connectivity index (χ4n) is 2.33. The van der Waals surface area contributed by atoms with Crippen LogP contribution in [0, 0.1) is 0 Å². The highest BCUT2D eigenvalue weighted by atomic mass is 16.3. The lowest BCUT2D eigenvalue weighted by molar-refractivity contribution is 0.173. The van der Waals surface area contributed by atoms with Crippen molar-refractivity contribution in [2.24, 2.45) is 0 Å². The molecule has 2 heteroatoms. The van der Waals surface area contributed by atoms with Crippen LogP contribution in [0.4, 0.5) is 5.69 Å². The van der Waals surface area contributed by atoms with Gasteiger partial charge in [0.25, 0.3) is 0 Å². The number of hydrogen-bond acceptors (Lipinski definition) is 2. The molecule has 2 aromatic carbocycles. The smallest absolute Gasteiger partial charge is 0.0787 e. The number of anilines is 1. The minimum atomic E-state index is -0.353. The zero-order chi connectivity index (χ0) is 14.4. The van der Waals surface area contributed by atoms with E-state index in [4.69, 9.17) is 0 Å². The van der Waals surface area contributed by atoms with Crippen LogP contribution in [0.15, 0.2) is 54.6 Å². The van der Waals surface area contributed by atoms with Crippen molar-refractivity contribution in [3.8, 4) is 0 Å². The molecular formula is C18H23NO. The molecule has 20 heavy (non-hydrogen) atoms. The van der Waals surface area contributed by atoms with Gasteiger partial charge in [-0.1, -0.05) is 49.4 Å². The van der Waals surface area contributed by atoms with E-state index in [9.17, 15) is 5.11 Å². The SMILES string of the molecule is CCC(O)c1ccc(N(CC)Cc2ccccc2)cc1. The van der Waals surface area contributed by atoms with Crippen LogP contribution in [-0.4, -0.2) is 11.7 Å². The fraction of sp³-hybridized carbons (Fsp3) is 0.333. The van der Waals surface area contributed by atoms with Gasteiger partial charge in [0.15, 0.2) is 0 Å². The third-order valence-corrected chi connectivity index (χ3v) is 3.63. The van der Waals surface area contributed by atoms with Crippen molar-refractivity contribution in [1.29, 1.82) is 0 Å². The van der Waals surface area contributed by atoms with E-state index >= 15 is 0 Å². The molecule has 1 N–H and O–H groups in total. The maximum absolute atomic E-state index is 9.84. The van der Waals surface area contributed by atoms with Crippen molar-refractivity contribution in [3.05, 3.63) is 65.7 Å². The highest BCUT2D eigenvalue weighted by molar-refractivity contribution is 5.48. The van der Waals surface area contributed by atoms with Gasteiger partial charge in [0, 0.05) is 18.8 Å². The maximum Gasteiger partial charge on any atom is 0.0787 e. The van der Waals surface area contributed by atoms with Gasteiger partial charge in [-0.25, -0.2) is 0 Å². The zero-order valence-corrected chi connectivity index (χ0v) is 12.3. The van der Waals surface area contributed by atoms with Gasteiger partial charge < -0.3 is 10.0 Å². The number of benzene rings is 2. The summed E-state index contributed by atoms with van der Waals surface area (Å²) >= 11 is 0. The van der Waals surface area contributed by atoms with Gasteiger partial charge in [-0.15, -0.1) is 0 Å². The van der Waals surface area contributed by atoms with Crippen molar-refractivity contribution in [1.82, 2.24) is 0 Å². The van der Waals surface area contributed by atoms with Crippen molar-refractivity contribution in [2.75, 3.05) is 11.4 Å². The van der Waals surface area contributed by atoms with Gasteiger partial charge in [-0.2, -0.15) is 0 Å². The van der Waals surface area contributed by atoms with E-state index in [0.717, 1.165) is 25.1 Å². The summed E-state index contributed by atoms with van der Waals surface area (Å²) in [7, 11) is 0. The fourth-order valence-corrected chi connectivity index (χ4v) is 2.33. The number of rotatable bonds is 6. The van der Waals surface area contributed by atoms with Crippen molar-refractivity contribution in [2.45, 2.75) is 32.9 Å². The molecule has 0 bridgehead atoms. The second-order valence-corrected chi connectivity index (χ2v) is 5.02. The summed E-state index contributed by atoms with van der Waals surface area (Å²) in [5, 5.41) is 9.84. The van der Waals surface area contributed by atoms with Gasteiger partial charge in [0.05, 0.1) is 6.10 Å². The third kappa shape index (κ3) is 3.61. The van der Waals surface area contributed by atoms with E-state index in [0.29, 0.717) is 0 Å². The van der Waals surface area contributed by atoms with Crippen LogP contribution < -0.4 is 4.90 Å². The molecule has 1 atom stereocenters. The second kappa shape index (κ2) is 7.11. The Labute approximate surface area is 121 Å². The van der Waals surface area contributed by atoms with Crippen molar-refractivity contribution >= 4 is 5.69 Å². The van der Waals surface area contributed by atoms with Crippen molar-refractivity contribution in [3.63, 3.8) is 0 Å². The normalized spacial score (nSPS) is 12.2. The first-order valence-electron chi connectivity index (χ1n) is 7.31. The maximum atomic E-state index is 9.84. The van der Waals surface area contributed by atoms with Crippen LogP contribution in [0.1, 0.15) is 37.5 Å². The van der Waals surface area contributed by atoms with Gasteiger partial charge >= 0.3 is 0 Å². The lowest BCUT2D eigenvalue weighted by atomic mass is 10.1. The summed E-state index contributed by atoms with van der Waals surface area (Å²) in [6, 6.07) is 18.7. The van der Waals surface area contributed by atoms with Gasteiger partial charge in [-0.05, 0) is 36.6 Å². The lowest BCUT2D eigenvalue weighted by Gasteiger charge is -2.24. The molecule has 0 aliphatic carbocycles. The molecule has 0 aromatic heterocycles. The molecule has 2 aromatic rings. The molecular weight excluding hydrogens is 246 g/mol. The molecule has 2 rings (SSSR count). The van der Waals surface area contributed by atoms with Gasteiger partial charge in [0.1, 0.15) is 0 Å². The minimum Gasteiger partial charge on any atom is -0.388 e. The quantitative estimate of drug-likeness (QED) is 0.851. The Morgan fingerprint density at radius 3 is 2.15 bits per heavy atom. The molecule has 0 aliphatic rings. The Bertz CT molecular complexity index is 507. The molecule has 0 saturated carbocycles. The molecule has 0 heterocycles. The Morgan fingerprint density at radius 2 is 1.60 bits per heavy atom. The second-order valence-electron chi connectivity index (χ2n) is 5.02. The predicted molar refractivity (Wildman–Crippen MR) is 84.9 cm³/mol. The number of aliphatic hydroxyl groups excluding tert-OH is 1. The molecule has 1 unspecified atom stereocenters. The van der Waals surface area contributed by atoms with E-state index < -0.39 is 0 Å². The topological polar surface area (TPSA) is 23.5 Å². The molecule has 0 fully saturated rings. The monoisotopic (exact) mass is 269 g/mol. The minimum absolute atomic E-state index is 0.353. The molecule has 106 valence electrons. The van der Waals surface area contributed by atoms with Gasteiger partial charge in [0.2, 0.25) is 0 Å². The summed E-state index contributed by atoms with van der Waals surface area (Å²) < 4.78 is 0. The van der Waals surface area contributed by atoms with Crippen LogP contribution in [0.3, 0.4) is 0 Å². The van der Waals surface area contributed by atoms with E-state index in [1.54, 1.807) is 0 Å². The van der Waals surface area contributed by atoms with Gasteiger partial charge in [-0.3, -0.25) is 0 Å². The predicted octanol–water partition coefficient (Wildman–Crippen LogP) is 4.16. The summed E-state index contributed by atoms with van der Waals surface area (Å²) in [5.41, 5.74) is 3.50. The zero-order valence-electron chi connectivity index (χ0n) is 12.3. The summed E-state index contributed by atoms with van der Waals surface area (Å²) in [6.45, 7) is 6.03. The Hall–Kier alpha value is -1.80. The van der Waals surface area contributed by atoms with E-state index in [1.807, 2.05) is 25.1 Å². The van der Waals surface area contributed by atoms with Crippen LogP contribution in [0.25, 0.3) is 0 Å². The Morgan fingerprint density at radius 1 is 0.950 bits per heavy atom. The molecule has 0 spiro atoms. The van der Waals surface area contributed by atoms with Crippen LogP contribution in [0.5, 0.6) is 0 Å². The highest BCUT2D eigenvalue weighted by Gasteiger charge is 2.08. The van der Waals surface area contributed by atoms with E-state index in [1.165, 1.54) is 11.3 Å². The number of nitrogens with zero attached hydrogens (tertiary/aromatic N) is 1. The summed E-state index contributed by atoms with van der Waals surface area (Å²) in [5.74, 6) is 0. The average Bonchev–Trinajstić information content (AvgIpc) is 2.53. The van der Waals surface area contributed by atoms with E-state index in [2.05, 4.69) is 48.2 Å². The third-order valence-electron chi connectivity index (χ3n) is 3.63. The van der Waals surface area contributed by atoms with Crippen LogP contribution in [-0.2, 0) is 6.54 Å². The Balaban J connectivity index is 2.11. The summed E-state index contributed by atoms with van der Waals surface area (Å²) in [6.07, 6.45) is 0.397.